The molecule has 3 rings (SSSR count). The van der Waals surface area contributed by atoms with Gasteiger partial charge in [0.1, 0.15) is 0 Å². The first-order valence-corrected chi connectivity index (χ1v) is 8.54. The van der Waals surface area contributed by atoms with E-state index in [4.69, 9.17) is 0 Å². The third-order valence-corrected chi connectivity index (χ3v) is 5.51. The molecular weight excluding hydrogens is 370 g/mol. The second kappa shape index (κ2) is 5.57. The van der Waals surface area contributed by atoms with Crippen LogP contribution >= 0.6 is 31.9 Å². The van der Waals surface area contributed by atoms with E-state index in [2.05, 4.69) is 36.8 Å². The molecule has 2 bridgehead atoms. The Kier molecular flexibility index (Phi) is 3.99. The van der Waals surface area contributed by atoms with Crippen LogP contribution in [0.1, 0.15) is 31.2 Å². The zero-order valence-corrected chi connectivity index (χ0v) is 13.9. The Labute approximate surface area is 130 Å². The van der Waals surface area contributed by atoms with Crippen molar-refractivity contribution < 1.29 is 4.79 Å². The van der Waals surface area contributed by atoms with Crippen LogP contribution in [-0.2, 0) is 11.2 Å². The molecule has 2 aliphatic heterocycles. The summed E-state index contributed by atoms with van der Waals surface area (Å²) in [4.78, 5) is 15.3. The lowest BCUT2D eigenvalue weighted by molar-refractivity contribution is -0.134. The summed E-state index contributed by atoms with van der Waals surface area (Å²) in [6, 6.07) is 8.99. The van der Waals surface area contributed by atoms with Gasteiger partial charge in [0.25, 0.3) is 0 Å². The summed E-state index contributed by atoms with van der Waals surface area (Å²) in [5.74, 6) is 0.300. The van der Waals surface area contributed by atoms with E-state index in [1.165, 1.54) is 12.8 Å². The molecule has 0 aliphatic carbocycles. The van der Waals surface area contributed by atoms with Crippen molar-refractivity contribution in [3.63, 3.8) is 0 Å². The largest absolute Gasteiger partial charge is 0.336 e. The molecule has 2 unspecified atom stereocenters. The Morgan fingerprint density at radius 1 is 1.16 bits per heavy atom. The molecule has 0 radical (unpaired) electrons. The predicted molar refractivity (Wildman–Crippen MR) is 83.5 cm³/mol. The number of alkyl halides is 1. The number of nitrogens with zero attached hydrogens (tertiary/aromatic N) is 1. The fraction of sp³-hybridized carbons (Fsp3) is 0.533. The van der Waals surface area contributed by atoms with Crippen LogP contribution in [0.4, 0.5) is 0 Å². The van der Waals surface area contributed by atoms with Gasteiger partial charge in [-0.05, 0) is 43.4 Å². The predicted octanol–water partition coefficient (Wildman–Crippen LogP) is 3.91. The standard InChI is InChI=1S/C15H17Br2NO/c16-11-3-1-10(2-4-11)7-15(19)18-13-5-6-14(18)9-12(17)8-13/h1-4,12-14H,5-9H2. The SMILES string of the molecule is O=C(Cc1ccc(Br)cc1)N1C2CCC1CC(Br)C2. The quantitative estimate of drug-likeness (QED) is 0.705. The lowest BCUT2D eigenvalue weighted by Gasteiger charge is -2.37. The average Bonchev–Trinajstić information content (AvgIpc) is 2.65. The molecule has 2 fully saturated rings. The zero-order valence-electron chi connectivity index (χ0n) is 10.7. The van der Waals surface area contributed by atoms with E-state index in [1.807, 2.05) is 24.3 Å². The minimum atomic E-state index is 0.300. The molecule has 19 heavy (non-hydrogen) atoms. The van der Waals surface area contributed by atoms with Crippen molar-refractivity contribution in [1.82, 2.24) is 4.90 Å². The Bertz CT molecular complexity index is 460. The van der Waals surface area contributed by atoms with Crippen molar-refractivity contribution in [3.8, 4) is 0 Å². The van der Waals surface area contributed by atoms with Crippen LogP contribution in [0.3, 0.4) is 0 Å². The van der Waals surface area contributed by atoms with Crippen molar-refractivity contribution in [3.05, 3.63) is 34.3 Å². The van der Waals surface area contributed by atoms with E-state index < -0.39 is 0 Å². The molecule has 102 valence electrons. The van der Waals surface area contributed by atoms with Crippen LogP contribution < -0.4 is 0 Å². The van der Waals surface area contributed by atoms with Crippen LogP contribution in [0.5, 0.6) is 0 Å². The fourth-order valence-corrected chi connectivity index (χ4v) is 4.51. The molecule has 1 aromatic carbocycles. The number of hydrogen-bond donors (Lipinski definition) is 0. The van der Waals surface area contributed by atoms with Crippen molar-refractivity contribution >= 4 is 37.8 Å². The number of piperidine rings is 1. The van der Waals surface area contributed by atoms with E-state index in [1.54, 1.807) is 0 Å². The highest BCUT2D eigenvalue weighted by atomic mass is 79.9. The fourth-order valence-electron chi connectivity index (χ4n) is 3.39. The number of carbonyl (C=O) groups is 1. The molecule has 2 aliphatic rings. The van der Waals surface area contributed by atoms with E-state index in [0.29, 0.717) is 29.2 Å². The minimum Gasteiger partial charge on any atom is -0.336 e. The first-order chi connectivity index (χ1) is 9.13. The second-order valence-corrected chi connectivity index (χ2v) is 7.77. The molecular formula is C15H17Br2NO. The van der Waals surface area contributed by atoms with Crippen molar-refractivity contribution in [2.45, 2.75) is 49.0 Å². The van der Waals surface area contributed by atoms with E-state index in [0.717, 1.165) is 22.9 Å². The van der Waals surface area contributed by atoms with Gasteiger partial charge in [0.2, 0.25) is 5.91 Å². The monoisotopic (exact) mass is 385 g/mol. The van der Waals surface area contributed by atoms with E-state index in [9.17, 15) is 4.79 Å². The molecule has 2 atom stereocenters. The van der Waals surface area contributed by atoms with E-state index >= 15 is 0 Å². The maximum atomic E-state index is 12.5. The molecule has 4 heteroatoms. The number of fused-ring (bicyclic) bond motifs is 2. The summed E-state index contributed by atoms with van der Waals surface area (Å²) >= 11 is 7.14. The third-order valence-electron chi connectivity index (χ3n) is 4.23. The van der Waals surface area contributed by atoms with Crippen molar-refractivity contribution in [2.75, 3.05) is 0 Å². The van der Waals surface area contributed by atoms with Gasteiger partial charge in [0, 0.05) is 21.4 Å². The normalized spacial score (nSPS) is 29.6. The highest BCUT2D eigenvalue weighted by molar-refractivity contribution is 9.10. The molecule has 0 aromatic heterocycles. The molecule has 0 N–H and O–H groups in total. The van der Waals surface area contributed by atoms with Crippen molar-refractivity contribution in [2.24, 2.45) is 0 Å². The van der Waals surface area contributed by atoms with Crippen LogP contribution in [0.2, 0.25) is 0 Å². The molecule has 2 saturated heterocycles. The maximum absolute atomic E-state index is 12.5. The van der Waals surface area contributed by atoms with Gasteiger partial charge in [0.05, 0.1) is 6.42 Å². The summed E-state index contributed by atoms with van der Waals surface area (Å²) in [5.41, 5.74) is 1.11. The molecule has 1 amide bonds. The summed E-state index contributed by atoms with van der Waals surface area (Å²) in [6.07, 6.45) is 5.12. The summed E-state index contributed by atoms with van der Waals surface area (Å²) in [7, 11) is 0. The number of benzene rings is 1. The van der Waals surface area contributed by atoms with Gasteiger partial charge in [-0.1, -0.05) is 44.0 Å². The van der Waals surface area contributed by atoms with Gasteiger partial charge in [-0.15, -0.1) is 0 Å². The third kappa shape index (κ3) is 2.89. The van der Waals surface area contributed by atoms with Crippen LogP contribution in [0, 0.1) is 0 Å². The lowest BCUT2D eigenvalue weighted by Crippen LogP contribution is -2.47. The minimum absolute atomic E-state index is 0.300. The topological polar surface area (TPSA) is 20.3 Å². The highest BCUT2D eigenvalue weighted by Crippen LogP contribution is 2.38. The maximum Gasteiger partial charge on any atom is 0.227 e. The van der Waals surface area contributed by atoms with Gasteiger partial charge < -0.3 is 4.90 Å². The Balaban J connectivity index is 1.69. The summed E-state index contributed by atoms with van der Waals surface area (Å²) < 4.78 is 1.06. The van der Waals surface area contributed by atoms with Crippen LogP contribution in [0.15, 0.2) is 28.7 Å². The van der Waals surface area contributed by atoms with Gasteiger partial charge in [-0.2, -0.15) is 0 Å². The van der Waals surface area contributed by atoms with Gasteiger partial charge in [-0.25, -0.2) is 0 Å². The van der Waals surface area contributed by atoms with Gasteiger partial charge >= 0.3 is 0 Å². The molecule has 0 spiro atoms. The molecule has 1 aromatic rings. The van der Waals surface area contributed by atoms with Gasteiger partial charge in [0.15, 0.2) is 0 Å². The van der Waals surface area contributed by atoms with Crippen LogP contribution in [0.25, 0.3) is 0 Å². The number of carbonyl (C=O) groups excluding carboxylic acids is 1. The Morgan fingerprint density at radius 2 is 1.74 bits per heavy atom. The molecule has 2 heterocycles. The average molecular weight is 387 g/mol. The Hall–Kier alpha value is -0.350. The first-order valence-electron chi connectivity index (χ1n) is 6.83. The summed E-state index contributed by atoms with van der Waals surface area (Å²) in [5, 5.41) is 0. The highest BCUT2D eigenvalue weighted by Gasteiger charge is 2.42. The number of halogens is 2. The van der Waals surface area contributed by atoms with E-state index in [-0.39, 0.29) is 0 Å². The zero-order chi connectivity index (χ0) is 13.4. The first kappa shape index (κ1) is 13.6. The number of amides is 1. The smallest absolute Gasteiger partial charge is 0.227 e. The van der Waals surface area contributed by atoms with Gasteiger partial charge in [-0.3, -0.25) is 4.79 Å². The number of rotatable bonds is 2. The second-order valence-electron chi connectivity index (χ2n) is 5.56. The number of hydrogen-bond acceptors (Lipinski definition) is 1. The summed E-state index contributed by atoms with van der Waals surface area (Å²) in [6.45, 7) is 0. The lowest BCUT2D eigenvalue weighted by atomic mass is 10.0. The molecule has 2 nitrogen and oxygen atoms in total. The molecule has 0 saturated carbocycles. The Morgan fingerprint density at radius 3 is 2.32 bits per heavy atom. The van der Waals surface area contributed by atoms with Crippen LogP contribution in [-0.4, -0.2) is 27.7 Å². The van der Waals surface area contributed by atoms with Crippen molar-refractivity contribution in [1.29, 1.82) is 0 Å².